The molecule has 7 nitrogen and oxygen atoms in total. The van der Waals surface area contributed by atoms with Crippen LogP contribution in [0.1, 0.15) is 19.4 Å². The number of nitrogens with one attached hydrogen (secondary N) is 1. The average Bonchev–Trinajstić information content (AvgIpc) is 2.61. The number of anilines is 2. The third-order valence-electron chi connectivity index (χ3n) is 3.81. The van der Waals surface area contributed by atoms with E-state index in [4.69, 9.17) is 14.2 Å². The summed E-state index contributed by atoms with van der Waals surface area (Å²) < 4.78 is 15.2. The molecular weight excluding hydrogens is 324 g/mol. The Kier molecular flexibility index (Phi) is 6.03. The minimum absolute atomic E-state index is 0.00757. The molecule has 7 heteroatoms. The van der Waals surface area contributed by atoms with Crippen molar-refractivity contribution in [2.24, 2.45) is 0 Å². The van der Waals surface area contributed by atoms with Crippen LogP contribution in [-0.4, -0.2) is 45.5 Å². The molecule has 0 amide bonds. The summed E-state index contributed by atoms with van der Waals surface area (Å²) in [5.74, 6) is -1.23. The molecule has 136 valence electrons. The van der Waals surface area contributed by atoms with E-state index >= 15 is 0 Å². The van der Waals surface area contributed by atoms with E-state index in [1.165, 1.54) is 14.2 Å². The molecule has 0 bridgehead atoms. The summed E-state index contributed by atoms with van der Waals surface area (Å²) in [6, 6.07) is 5.92. The lowest BCUT2D eigenvalue weighted by atomic mass is 10.1. The Bertz CT molecular complexity index is 697. The highest BCUT2D eigenvalue weighted by Gasteiger charge is 2.33. The Morgan fingerprint density at radius 1 is 1.20 bits per heavy atom. The van der Waals surface area contributed by atoms with Gasteiger partial charge in [0.2, 0.25) is 0 Å². The van der Waals surface area contributed by atoms with E-state index in [1.807, 2.05) is 39.0 Å². The highest BCUT2D eigenvalue weighted by Crippen LogP contribution is 2.35. The number of hydrogen-bond donors (Lipinski definition) is 1. The zero-order chi connectivity index (χ0) is 18.6. The predicted molar refractivity (Wildman–Crippen MR) is 94.3 cm³/mol. The van der Waals surface area contributed by atoms with Crippen molar-refractivity contribution in [3.8, 4) is 0 Å². The number of para-hydroxylation sites is 1. The average molecular weight is 348 g/mol. The molecule has 1 aliphatic heterocycles. The van der Waals surface area contributed by atoms with Gasteiger partial charge in [0.1, 0.15) is 12.4 Å². The molecular formula is C18H24N2O5. The molecule has 0 unspecified atom stereocenters. The minimum atomic E-state index is -0.615. The summed E-state index contributed by atoms with van der Waals surface area (Å²) in [6.45, 7) is 6.15. The predicted octanol–water partition coefficient (Wildman–Crippen LogP) is 2.21. The van der Waals surface area contributed by atoms with Gasteiger partial charge in [-0.25, -0.2) is 9.59 Å². The second-order valence-corrected chi connectivity index (χ2v) is 5.98. The lowest BCUT2D eigenvalue weighted by Crippen LogP contribution is -2.39. The van der Waals surface area contributed by atoms with E-state index in [2.05, 4.69) is 5.32 Å². The summed E-state index contributed by atoms with van der Waals surface area (Å²) in [5, 5.41) is 3.39. The van der Waals surface area contributed by atoms with Gasteiger partial charge in [-0.2, -0.15) is 0 Å². The number of esters is 2. The van der Waals surface area contributed by atoms with Gasteiger partial charge in [0.25, 0.3) is 0 Å². The van der Waals surface area contributed by atoms with Crippen LogP contribution in [0.2, 0.25) is 0 Å². The van der Waals surface area contributed by atoms with Crippen molar-refractivity contribution in [2.75, 3.05) is 37.8 Å². The highest BCUT2D eigenvalue weighted by molar-refractivity contribution is 6.04. The number of carbonyl (C=O) groups excluding carboxylic acids is 2. The van der Waals surface area contributed by atoms with Gasteiger partial charge in [0, 0.05) is 6.04 Å². The van der Waals surface area contributed by atoms with Gasteiger partial charge in [-0.15, -0.1) is 0 Å². The second-order valence-electron chi connectivity index (χ2n) is 5.98. The number of methoxy groups -OCH3 is 2. The van der Waals surface area contributed by atoms with E-state index in [0.29, 0.717) is 0 Å². The van der Waals surface area contributed by atoms with Gasteiger partial charge in [0.15, 0.2) is 0 Å². The summed E-state index contributed by atoms with van der Waals surface area (Å²) in [7, 11) is 2.54. The monoisotopic (exact) mass is 348 g/mol. The Morgan fingerprint density at radius 2 is 1.88 bits per heavy atom. The summed E-state index contributed by atoms with van der Waals surface area (Å²) in [6.07, 6.45) is 0. The van der Waals surface area contributed by atoms with Crippen LogP contribution < -0.4 is 10.2 Å². The van der Waals surface area contributed by atoms with E-state index in [1.54, 1.807) is 4.90 Å². The first kappa shape index (κ1) is 18.8. The molecule has 0 radical (unpaired) electrons. The molecule has 0 fully saturated rings. The zero-order valence-corrected chi connectivity index (χ0v) is 15.2. The standard InChI is InChI=1S/C18H24N2O5/c1-11(2)19-15-12(3)7-6-8-14(15)20-10-25-9-13(17(21)23-4)16(20)18(22)24-5/h6-8,11,19H,9-10H2,1-5H3. The van der Waals surface area contributed by atoms with E-state index in [-0.39, 0.29) is 30.6 Å². The first-order valence-electron chi connectivity index (χ1n) is 8.01. The number of carbonyl (C=O) groups is 2. The Morgan fingerprint density at radius 3 is 2.48 bits per heavy atom. The fraction of sp³-hybridized carbons (Fsp3) is 0.444. The van der Waals surface area contributed by atoms with Crippen LogP contribution in [-0.2, 0) is 23.8 Å². The van der Waals surface area contributed by atoms with Crippen molar-refractivity contribution < 1.29 is 23.8 Å². The molecule has 25 heavy (non-hydrogen) atoms. The van der Waals surface area contributed by atoms with Crippen LogP contribution in [0.3, 0.4) is 0 Å². The fourth-order valence-corrected chi connectivity index (χ4v) is 2.69. The Balaban J connectivity index is 2.62. The molecule has 0 spiro atoms. The van der Waals surface area contributed by atoms with E-state index in [0.717, 1.165) is 16.9 Å². The molecule has 2 rings (SSSR count). The van der Waals surface area contributed by atoms with Crippen LogP contribution in [0.15, 0.2) is 29.5 Å². The van der Waals surface area contributed by atoms with Gasteiger partial charge in [-0.3, -0.25) is 0 Å². The lowest BCUT2D eigenvalue weighted by molar-refractivity contribution is -0.140. The highest BCUT2D eigenvalue weighted by atomic mass is 16.5. The Labute approximate surface area is 147 Å². The van der Waals surface area contributed by atoms with Gasteiger partial charge >= 0.3 is 11.9 Å². The molecule has 1 aromatic carbocycles. The summed E-state index contributed by atoms with van der Waals surface area (Å²) in [4.78, 5) is 26.1. The van der Waals surface area contributed by atoms with E-state index in [9.17, 15) is 9.59 Å². The number of aryl methyl sites for hydroxylation is 1. The molecule has 1 aliphatic rings. The molecule has 1 N–H and O–H groups in total. The van der Waals surface area contributed by atoms with Gasteiger partial charge in [0.05, 0.1) is 37.8 Å². The first-order valence-corrected chi connectivity index (χ1v) is 8.01. The molecule has 0 saturated carbocycles. The fourth-order valence-electron chi connectivity index (χ4n) is 2.69. The van der Waals surface area contributed by atoms with Gasteiger partial charge in [-0.1, -0.05) is 12.1 Å². The van der Waals surface area contributed by atoms with Crippen LogP contribution >= 0.6 is 0 Å². The van der Waals surface area contributed by atoms with Crippen molar-refractivity contribution >= 4 is 23.3 Å². The normalized spacial score (nSPS) is 14.6. The van der Waals surface area contributed by atoms with E-state index < -0.39 is 11.9 Å². The van der Waals surface area contributed by atoms with Gasteiger partial charge < -0.3 is 24.4 Å². The molecule has 1 heterocycles. The van der Waals surface area contributed by atoms with Crippen LogP contribution in [0, 0.1) is 6.92 Å². The first-order chi connectivity index (χ1) is 11.9. The minimum Gasteiger partial charge on any atom is -0.466 e. The zero-order valence-electron chi connectivity index (χ0n) is 15.2. The van der Waals surface area contributed by atoms with Crippen LogP contribution in [0.25, 0.3) is 0 Å². The smallest absolute Gasteiger partial charge is 0.355 e. The maximum Gasteiger partial charge on any atom is 0.355 e. The molecule has 0 saturated heterocycles. The van der Waals surface area contributed by atoms with Crippen molar-refractivity contribution in [3.05, 3.63) is 35.0 Å². The van der Waals surface area contributed by atoms with Crippen LogP contribution in [0.4, 0.5) is 11.4 Å². The second kappa shape index (κ2) is 8.02. The largest absolute Gasteiger partial charge is 0.466 e. The number of benzene rings is 1. The van der Waals surface area contributed by atoms with Crippen LogP contribution in [0.5, 0.6) is 0 Å². The molecule has 0 atom stereocenters. The summed E-state index contributed by atoms with van der Waals surface area (Å²) in [5.41, 5.74) is 2.89. The van der Waals surface area contributed by atoms with Crippen molar-refractivity contribution in [2.45, 2.75) is 26.8 Å². The topological polar surface area (TPSA) is 77.1 Å². The number of rotatable bonds is 5. The number of ether oxygens (including phenoxy) is 3. The Hall–Kier alpha value is -2.54. The maximum absolute atomic E-state index is 12.4. The third-order valence-corrected chi connectivity index (χ3v) is 3.81. The quantitative estimate of drug-likeness (QED) is 0.818. The van der Waals surface area contributed by atoms with Crippen molar-refractivity contribution in [1.29, 1.82) is 0 Å². The van der Waals surface area contributed by atoms with Crippen molar-refractivity contribution in [3.63, 3.8) is 0 Å². The summed E-state index contributed by atoms with van der Waals surface area (Å²) >= 11 is 0. The molecule has 1 aromatic rings. The number of nitrogens with zero attached hydrogens (tertiary/aromatic N) is 1. The van der Waals surface area contributed by atoms with Crippen molar-refractivity contribution in [1.82, 2.24) is 0 Å². The molecule has 0 aliphatic carbocycles. The lowest BCUT2D eigenvalue weighted by Gasteiger charge is -2.33. The van der Waals surface area contributed by atoms with Gasteiger partial charge in [-0.05, 0) is 32.4 Å². The molecule has 0 aromatic heterocycles. The maximum atomic E-state index is 12.4. The number of hydrogen-bond acceptors (Lipinski definition) is 7. The third kappa shape index (κ3) is 3.93. The SMILES string of the molecule is COC(=O)C1=C(C(=O)OC)N(c2cccc(C)c2NC(C)C)COC1.